The third-order valence-corrected chi connectivity index (χ3v) is 1.93. The van der Waals surface area contributed by atoms with E-state index in [4.69, 9.17) is 9.47 Å². The molecule has 1 aromatic heterocycles. The molecule has 0 fully saturated rings. The van der Waals surface area contributed by atoms with Gasteiger partial charge in [-0.1, -0.05) is 0 Å². The number of nitrogens with zero attached hydrogens (tertiary/aromatic N) is 2. The molecule has 1 heterocycles. The fourth-order valence-corrected chi connectivity index (χ4v) is 1.06. The highest BCUT2D eigenvalue weighted by atomic mass is 16.7. The zero-order valence-corrected chi connectivity index (χ0v) is 9.04. The zero-order valence-electron chi connectivity index (χ0n) is 9.04. The number of hydrogen-bond acceptors (Lipinski definition) is 6. The first-order valence-electron chi connectivity index (χ1n) is 4.57. The predicted octanol–water partition coefficient (Wildman–Crippen LogP) is 1.02. The lowest BCUT2D eigenvalue weighted by molar-refractivity contribution is -0.389. The first-order chi connectivity index (χ1) is 7.67. The van der Waals surface area contributed by atoms with Crippen molar-refractivity contribution < 1.29 is 14.4 Å². The van der Waals surface area contributed by atoms with Crippen molar-refractivity contribution in [3.63, 3.8) is 0 Å². The standard InChI is InChI=1S/C9H13N3O4/c1-15-9(16-2)6-10-7-3-4-8(11-5-7)12(13)14/h3-5,9-10H,6H2,1-2H3. The average Bonchev–Trinajstić information content (AvgIpc) is 2.31. The second kappa shape index (κ2) is 5.99. The number of ether oxygens (including phenoxy) is 2. The maximum Gasteiger partial charge on any atom is 0.363 e. The lowest BCUT2D eigenvalue weighted by Gasteiger charge is -2.13. The summed E-state index contributed by atoms with van der Waals surface area (Å²) in [4.78, 5) is 13.5. The molecule has 0 aliphatic carbocycles. The average molecular weight is 227 g/mol. The molecule has 16 heavy (non-hydrogen) atoms. The first kappa shape index (κ1) is 12.3. The van der Waals surface area contributed by atoms with Crippen LogP contribution in [-0.4, -0.2) is 37.0 Å². The van der Waals surface area contributed by atoms with Crippen LogP contribution in [0.2, 0.25) is 0 Å². The molecule has 0 aliphatic rings. The van der Waals surface area contributed by atoms with Gasteiger partial charge in [-0.2, -0.15) is 0 Å². The summed E-state index contributed by atoms with van der Waals surface area (Å²) in [6, 6.07) is 2.91. The molecule has 0 saturated carbocycles. The predicted molar refractivity (Wildman–Crippen MR) is 57.2 cm³/mol. The number of hydrogen-bond donors (Lipinski definition) is 1. The topological polar surface area (TPSA) is 86.5 Å². The van der Waals surface area contributed by atoms with E-state index in [-0.39, 0.29) is 12.1 Å². The van der Waals surface area contributed by atoms with E-state index in [1.807, 2.05) is 0 Å². The molecule has 0 aliphatic heterocycles. The number of anilines is 1. The SMILES string of the molecule is COC(CNc1ccc([N+](=O)[O-])nc1)OC. The molecule has 1 N–H and O–H groups in total. The number of rotatable bonds is 6. The molecule has 0 aromatic carbocycles. The molecule has 0 unspecified atom stereocenters. The largest absolute Gasteiger partial charge is 0.377 e. The monoisotopic (exact) mass is 227 g/mol. The number of nitro groups is 1. The third-order valence-electron chi connectivity index (χ3n) is 1.93. The van der Waals surface area contributed by atoms with Crippen molar-refractivity contribution >= 4 is 11.5 Å². The Morgan fingerprint density at radius 3 is 2.62 bits per heavy atom. The van der Waals surface area contributed by atoms with Crippen LogP contribution in [-0.2, 0) is 9.47 Å². The second-order valence-corrected chi connectivity index (χ2v) is 2.94. The maximum atomic E-state index is 10.4. The number of aromatic nitrogens is 1. The van der Waals surface area contributed by atoms with Gasteiger partial charge in [-0.25, -0.2) is 0 Å². The molecule has 7 nitrogen and oxygen atoms in total. The van der Waals surface area contributed by atoms with Crippen LogP contribution in [0.1, 0.15) is 0 Å². The van der Waals surface area contributed by atoms with Gasteiger partial charge in [0, 0.05) is 20.3 Å². The van der Waals surface area contributed by atoms with Gasteiger partial charge in [-0.05, 0) is 16.0 Å². The van der Waals surface area contributed by atoms with Crippen molar-refractivity contribution in [3.8, 4) is 0 Å². The summed E-state index contributed by atoms with van der Waals surface area (Å²) in [5.41, 5.74) is 0.671. The second-order valence-electron chi connectivity index (χ2n) is 2.94. The summed E-state index contributed by atoms with van der Waals surface area (Å²) < 4.78 is 9.94. The van der Waals surface area contributed by atoms with E-state index in [1.54, 1.807) is 6.07 Å². The van der Waals surface area contributed by atoms with Crippen molar-refractivity contribution in [1.82, 2.24) is 4.98 Å². The summed E-state index contributed by atoms with van der Waals surface area (Å²) in [5.74, 6) is -0.180. The smallest absolute Gasteiger partial charge is 0.363 e. The van der Waals surface area contributed by atoms with Gasteiger partial charge in [0.15, 0.2) is 12.5 Å². The van der Waals surface area contributed by atoms with E-state index in [9.17, 15) is 10.1 Å². The van der Waals surface area contributed by atoms with Crippen LogP contribution in [0, 0.1) is 10.1 Å². The van der Waals surface area contributed by atoms with Crippen LogP contribution in [0.25, 0.3) is 0 Å². The molecule has 0 bridgehead atoms. The Balaban J connectivity index is 2.52. The molecule has 0 spiro atoms. The van der Waals surface area contributed by atoms with Crippen LogP contribution >= 0.6 is 0 Å². The van der Waals surface area contributed by atoms with Crippen LogP contribution in [0.15, 0.2) is 18.3 Å². The summed E-state index contributed by atoms with van der Waals surface area (Å²) in [6.07, 6.45) is 1.02. The summed E-state index contributed by atoms with van der Waals surface area (Å²) >= 11 is 0. The minimum absolute atomic E-state index is 0.180. The van der Waals surface area contributed by atoms with Crippen molar-refractivity contribution in [2.75, 3.05) is 26.1 Å². The fourth-order valence-electron chi connectivity index (χ4n) is 1.06. The Morgan fingerprint density at radius 2 is 2.19 bits per heavy atom. The Bertz CT molecular complexity index is 337. The van der Waals surface area contributed by atoms with Gasteiger partial charge < -0.3 is 24.9 Å². The van der Waals surface area contributed by atoms with Gasteiger partial charge in [0.25, 0.3) is 0 Å². The van der Waals surface area contributed by atoms with Gasteiger partial charge >= 0.3 is 5.82 Å². The fraction of sp³-hybridized carbons (Fsp3) is 0.444. The normalized spacial score (nSPS) is 10.4. The van der Waals surface area contributed by atoms with E-state index >= 15 is 0 Å². The highest BCUT2D eigenvalue weighted by Gasteiger charge is 2.08. The lowest BCUT2D eigenvalue weighted by atomic mass is 10.4. The first-order valence-corrected chi connectivity index (χ1v) is 4.57. The van der Waals surface area contributed by atoms with E-state index in [2.05, 4.69) is 10.3 Å². The third kappa shape index (κ3) is 3.44. The van der Waals surface area contributed by atoms with Gasteiger partial charge in [-0.15, -0.1) is 0 Å². The van der Waals surface area contributed by atoms with Crippen LogP contribution in [0.4, 0.5) is 11.5 Å². The Labute approximate surface area is 92.5 Å². The van der Waals surface area contributed by atoms with Gasteiger partial charge in [0.05, 0.1) is 12.2 Å². The molecule has 1 rings (SSSR count). The van der Waals surface area contributed by atoms with E-state index in [1.165, 1.54) is 26.5 Å². The molecule has 0 atom stereocenters. The van der Waals surface area contributed by atoms with E-state index < -0.39 is 4.92 Å². The minimum atomic E-state index is -0.545. The minimum Gasteiger partial charge on any atom is -0.377 e. The van der Waals surface area contributed by atoms with Crippen molar-refractivity contribution in [2.24, 2.45) is 0 Å². The van der Waals surface area contributed by atoms with Crippen molar-refractivity contribution in [1.29, 1.82) is 0 Å². The summed E-state index contributed by atoms with van der Waals surface area (Å²) in [5, 5.41) is 13.3. The van der Waals surface area contributed by atoms with Crippen LogP contribution in [0.5, 0.6) is 0 Å². The van der Waals surface area contributed by atoms with Crippen molar-refractivity contribution in [2.45, 2.75) is 6.29 Å². The number of nitrogens with one attached hydrogen (secondary N) is 1. The van der Waals surface area contributed by atoms with E-state index in [0.717, 1.165) is 0 Å². The molecule has 88 valence electrons. The maximum absolute atomic E-state index is 10.4. The lowest BCUT2D eigenvalue weighted by Crippen LogP contribution is -2.23. The Morgan fingerprint density at radius 1 is 1.50 bits per heavy atom. The molecular formula is C9H13N3O4. The highest BCUT2D eigenvalue weighted by Crippen LogP contribution is 2.11. The molecular weight excluding hydrogens is 214 g/mol. The molecule has 7 heteroatoms. The quantitative estimate of drug-likeness (QED) is 0.443. The molecule has 0 radical (unpaired) electrons. The van der Waals surface area contributed by atoms with Gasteiger partial charge in [-0.3, -0.25) is 0 Å². The molecule has 1 aromatic rings. The Hall–Kier alpha value is -1.73. The molecule has 0 saturated heterocycles. The Kier molecular flexibility index (Phi) is 4.62. The zero-order chi connectivity index (χ0) is 12.0. The number of pyridine rings is 1. The highest BCUT2D eigenvalue weighted by molar-refractivity contribution is 5.43. The van der Waals surface area contributed by atoms with Crippen LogP contribution in [0.3, 0.4) is 0 Å². The van der Waals surface area contributed by atoms with E-state index in [0.29, 0.717) is 12.2 Å². The van der Waals surface area contributed by atoms with Gasteiger partial charge in [0.1, 0.15) is 0 Å². The summed E-state index contributed by atoms with van der Waals surface area (Å²) in [6.45, 7) is 0.437. The van der Waals surface area contributed by atoms with Crippen LogP contribution < -0.4 is 5.32 Å². The van der Waals surface area contributed by atoms with Gasteiger partial charge in [0.2, 0.25) is 0 Å². The molecule has 0 amide bonds. The number of methoxy groups -OCH3 is 2. The van der Waals surface area contributed by atoms with Crippen molar-refractivity contribution in [3.05, 3.63) is 28.4 Å². The summed E-state index contributed by atoms with van der Waals surface area (Å²) in [7, 11) is 3.06.